The zero-order chi connectivity index (χ0) is 24.6. The molecule has 2 heterocycles. The van der Waals surface area contributed by atoms with Gasteiger partial charge >= 0.3 is 0 Å². The van der Waals surface area contributed by atoms with Gasteiger partial charge in [-0.25, -0.2) is 9.98 Å². The third-order valence-electron chi connectivity index (χ3n) is 8.66. The number of aryl methyl sites for hydroxylation is 2. The second kappa shape index (κ2) is 7.69. The highest BCUT2D eigenvalue weighted by molar-refractivity contribution is 6.00. The number of fused-ring (bicyclic) bond motifs is 4. The van der Waals surface area contributed by atoms with Gasteiger partial charge in [-0.05, 0) is 70.9 Å². The summed E-state index contributed by atoms with van der Waals surface area (Å²) in [4.78, 5) is 10.2. The molecule has 0 aromatic heterocycles. The van der Waals surface area contributed by atoms with Crippen LogP contribution in [-0.2, 0) is 27.7 Å². The molecule has 1 spiro atoms. The van der Waals surface area contributed by atoms with Gasteiger partial charge in [-0.1, -0.05) is 65.8 Å². The van der Waals surface area contributed by atoms with Crippen LogP contribution in [-0.4, -0.2) is 37.1 Å². The molecule has 184 valence electrons. The summed E-state index contributed by atoms with van der Waals surface area (Å²) < 4.78 is 12.6. The lowest BCUT2D eigenvalue weighted by Crippen LogP contribution is -2.27. The van der Waals surface area contributed by atoms with E-state index in [1.165, 1.54) is 33.4 Å². The first-order valence-corrected chi connectivity index (χ1v) is 13.2. The minimum Gasteiger partial charge on any atom is -0.475 e. The molecule has 0 unspecified atom stereocenters. The van der Waals surface area contributed by atoms with Crippen molar-refractivity contribution in [3.63, 3.8) is 0 Å². The third-order valence-corrected chi connectivity index (χ3v) is 8.66. The van der Waals surface area contributed by atoms with Crippen molar-refractivity contribution in [1.29, 1.82) is 0 Å². The first kappa shape index (κ1) is 22.8. The highest BCUT2D eigenvalue weighted by Crippen LogP contribution is 2.55. The van der Waals surface area contributed by atoms with Crippen molar-refractivity contribution in [3.8, 4) is 0 Å². The van der Waals surface area contributed by atoms with Crippen molar-refractivity contribution in [2.24, 2.45) is 20.8 Å². The fraction of sp³-hybridized carbons (Fsp3) is 0.548. The fourth-order valence-corrected chi connectivity index (χ4v) is 6.48. The lowest BCUT2D eigenvalue weighted by atomic mass is 9.73. The molecule has 2 aromatic carbocycles. The van der Waals surface area contributed by atoms with E-state index in [0.717, 1.165) is 37.5 Å². The van der Waals surface area contributed by atoms with Gasteiger partial charge in [-0.2, -0.15) is 0 Å². The third kappa shape index (κ3) is 3.55. The largest absolute Gasteiger partial charge is 0.475 e. The lowest BCUT2D eigenvalue weighted by Gasteiger charge is -2.30. The summed E-state index contributed by atoms with van der Waals surface area (Å²) in [5, 5.41) is 0. The minimum absolute atomic E-state index is 0.0325. The fourth-order valence-electron chi connectivity index (χ4n) is 6.48. The van der Waals surface area contributed by atoms with Crippen LogP contribution in [0.5, 0.6) is 0 Å². The lowest BCUT2D eigenvalue weighted by molar-refractivity contribution is 0.235. The van der Waals surface area contributed by atoms with E-state index in [1.807, 2.05) is 0 Å². The van der Waals surface area contributed by atoms with E-state index in [-0.39, 0.29) is 28.3 Å². The molecular weight excluding hydrogens is 432 g/mol. The van der Waals surface area contributed by atoms with Crippen molar-refractivity contribution in [1.82, 2.24) is 0 Å². The number of nitrogens with zero attached hydrogens (tertiary/aromatic N) is 2. The van der Waals surface area contributed by atoms with Crippen LogP contribution in [0.1, 0.15) is 87.8 Å². The highest BCUT2D eigenvalue weighted by atomic mass is 16.5. The molecule has 0 fully saturated rings. The van der Waals surface area contributed by atoms with Crippen LogP contribution in [0.4, 0.5) is 0 Å². The Balaban J connectivity index is 1.49. The van der Waals surface area contributed by atoms with Gasteiger partial charge in [0.1, 0.15) is 13.2 Å². The second-order valence-electron chi connectivity index (χ2n) is 13.0. The first-order valence-electron chi connectivity index (χ1n) is 13.2. The second-order valence-corrected chi connectivity index (χ2v) is 13.0. The number of hydrogen-bond acceptors (Lipinski definition) is 4. The molecule has 2 aliphatic heterocycles. The number of aliphatic imine (C=N–C) groups is 2. The van der Waals surface area contributed by atoms with E-state index < -0.39 is 0 Å². The summed E-state index contributed by atoms with van der Waals surface area (Å²) in [6, 6.07) is 13.8. The Hall–Kier alpha value is -2.62. The standard InChI is InChI=1S/C31H38N2O2/c1-29(2,3)23-17-34-27(32-23)21-11-7-9-19-13-15-31(25(19)21)16-14-20-10-8-12-22(26(20)31)28-33-24(18-35-28)30(4,5)6/h7-12,23-24H,13-18H2,1-6H3/t23-,24-,31?/m1/s1. The van der Waals surface area contributed by atoms with Gasteiger partial charge in [0.05, 0.1) is 12.1 Å². The molecule has 6 rings (SSSR count). The van der Waals surface area contributed by atoms with Gasteiger partial charge in [-0.15, -0.1) is 0 Å². The maximum atomic E-state index is 6.28. The smallest absolute Gasteiger partial charge is 0.216 e. The molecule has 0 radical (unpaired) electrons. The predicted molar refractivity (Wildman–Crippen MR) is 142 cm³/mol. The van der Waals surface area contributed by atoms with Crippen molar-refractivity contribution < 1.29 is 9.47 Å². The molecule has 0 saturated carbocycles. The molecule has 2 aromatic rings. The molecule has 0 bridgehead atoms. The van der Waals surface area contributed by atoms with E-state index in [2.05, 4.69) is 77.9 Å². The molecule has 2 atom stereocenters. The van der Waals surface area contributed by atoms with Gasteiger partial charge in [0.2, 0.25) is 11.8 Å². The molecular formula is C31H38N2O2. The Morgan fingerprint density at radius 1 is 0.686 bits per heavy atom. The monoisotopic (exact) mass is 470 g/mol. The molecule has 0 amide bonds. The first-order chi connectivity index (χ1) is 16.6. The van der Waals surface area contributed by atoms with E-state index >= 15 is 0 Å². The van der Waals surface area contributed by atoms with E-state index in [9.17, 15) is 0 Å². The van der Waals surface area contributed by atoms with Crippen LogP contribution >= 0.6 is 0 Å². The SMILES string of the molecule is CC(C)(C)[C@H]1COC(c2cccc3c2C2(CC3)CCc3cccc(C4=N[C@@H](C(C)(C)C)CO4)c32)=N1. The minimum atomic E-state index is -0.0325. The van der Waals surface area contributed by atoms with Crippen LogP contribution < -0.4 is 0 Å². The maximum absolute atomic E-state index is 6.28. The number of ether oxygens (including phenoxy) is 2. The van der Waals surface area contributed by atoms with E-state index in [0.29, 0.717) is 13.2 Å². The number of benzene rings is 2. The topological polar surface area (TPSA) is 43.2 Å². The van der Waals surface area contributed by atoms with Gasteiger partial charge in [0, 0.05) is 16.5 Å². The van der Waals surface area contributed by atoms with E-state index in [1.54, 1.807) is 0 Å². The van der Waals surface area contributed by atoms with Crippen LogP contribution in [0.15, 0.2) is 46.4 Å². The Morgan fingerprint density at radius 2 is 1.11 bits per heavy atom. The van der Waals surface area contributed by atoms with Gasteiger partial charge in [-0.3, -0.25) is 0 Å². The molecule has 4 nitrogen and oxygen atoms in total. The molecule has 0 N–H and O–H groups in total. The summed E-state index contributed by atoms with van der Waals surface area (Å²) in [5.74, 6) is 1.66. The molecule has 4 aliphatic rings. The average molecular weight is 471 g/mol. The van der Waals surface area contributed by atoms with Crippen molar-refractivity contribution in [3.05, 3.63) is 69.8 Å². The van der Waals surface area contributed by atoms with Gasteiger partial charge in [0.15, 0.2) is 0 Å². The quantitative estimate of drug-likeness (QED) is 0.521. The van der Waals surface area contributed by atoms with Crippen LogP contribution in [0.3, 0.4) is 0 Å². The summed E-state index contributed by atoms with van der Waals surface area (Å²) in [5.41, 5.74) is 8.28. The van der Waals surface area contributed by atoms with Crippen molar-refractivity contribution in [2.75, 3.05) is 13.2 Å². The molecule has 2 aliphatic carbocycles. The Kier molecular flexibility index (Phi) is 5.01. The number of hydrogen-bond donors (Lipinski definition) is 0. The average Bonchev–Trinajstić information content (AvgIpc) is 3.60. The van der Waals surface area contributed by atoms with Crippen LogP contribution in [0.2, 0.25) is 0 Å². The number of rotatable bonds is 2. The summed E-state index contributed by atoms with van der Waals surface area (Å²) in [6.45, 7) is 14.8. The normalized spacial score (nSPS) is 24.6. The van der Waals surface area contributed by atoms with Gasteiger partial charge < -0.3 is 9.47 Å². The Morgan fingerprint density at radius 3 is 1.49 bits per heavy atom. The Bertz CT molecular complexity index is 1140. The zero-order valence-electron chi connectivity index (χ0n) is 22.1. The molecule has 4 heteroatoms. The van der Waals surface area contributed by atoms with Crippen LogP contribution in [0.25, 0.3) is 0 Å². The summed E-state index contributed by atoms with van der Waals surface area (Å²) >= 11 is 0. The van der Waals surface area contributed by atoms with Crippen LogP contribution in [0, 0.1) is 10.8 Å². The van der Waals surface area contributed by atoms with Crippen molar-refractivity contribution >= 4 is 11.8 Å². The maximum Gasteiger partial charge on any atom is 0.216 e. The molecule has 0 saturated heterocycles. The summed E-state index contributed by atoms with van der Waals surface area (Å²) in [6.07, 6.45) is 4.42. The highest BCUT2D eigenvalue weighted by Gasteiger charge is 2.49. The Labute approximate surface area is 209 Å². The predicted octanol–water partition coefficient (Wildman–Crippen LogP) is 6.25. The zero-order valence-corrected chi connectivity index (χ0v) is 22.1. The van der Waals surface area contributed by atoms with Gasteiger partial charge in [0.25, 0.3) is 0 Å². The van der Waals surface area contributed by atoms with Crippen molar-refractivity contribution in [2.45, 2.75) is 84.7 Å². The summed E-state index contributed by atoms with van der Waals surface area (Å²) in [7, 11) is 0. The molecule has 35 heavy (non-hydrogen) atoms. The van der Waals surface area contributed by atoms with E-state index in [4.69, 9.17) is 19.5 Å².